The largest absolute Gasteiger partial charge is 0.370 e. The second-order valence-electron chi connectivity index (χ2n) is 11.2. The highest BCUT2D eigenvalue weighted by Crippen LogP contribution is 2.57. The van der Waals surface area contributed by atoms with E-state index in [2.05, 4.69) is 20.6 Å². The molecule has 7 atom stereocenters. The van der Waals surface area contributed by atoms with Crippen LogP contribution in [0.3, 0.4) is 0 Å². The number of hydrogen-bond acceptors (Lipinski definition) is 7. The summed E-state index contributed by atoms with van der Waals surface area (Å²) in [5.74, 6) is -1.63. The average molecular weight is 675 g/mol. The first kappa shape index (κ1) is 41.2. The van der Waals surface area contributed by atoms with E-state index in [1.165, 1.54) is 38.5 Å². The first-order valence-electron chi connectivity index (χ1n) is 15.0. The topological polar surface area (TPSA) is 231 Å². The van der Waals surface area contributed by atoms with E-state index in [9.17, 15) is 9.59 Å². The Bertz CT molecular complexity index is 823. The van der Waals surface area contributed by atoms with Gasteiger partial charge in [0.15, 0.2) is 18.2 Å². The van der Waals surface area contributed by atoms with E-state index in [0.717, 1.165) is 32.2 Å². The summed E-state index contributed by atoms with van der Waals surface area (Å²) < 4.78 is 12.7. The minimum atomic E-state index is -0.513. The number of fused-ring (bicyclic) bond motifs is 5. The number of carbonyl (C=O) groups excluding carboxylic acids is 2. The number of aliphatic imine (C=N–C) groups is 2. The Morgan fingerprint density at radius 3 is 1.44 bits per heavy atom. The van der Waals surface area contributed by atoms with E-state index >= 15 is 0 Å². The van der Waals surface area contributed by atoms with Gasteiger partial charge in [0.2, 0.25) is 11.8 Å². The first-order chi connectivity index (χ1) is 19.3. The molecule has 1 heterocycles. The molecule has 2 aliphatic carbocycles. The third-order valence-corrected chi connectivity index (χ3v) is 8.30. The zero-order valence-electron chi connectivity index (χ0n) is 25.0. The summed E-state index contributed by atoms with van der Waals surface area (Å²) >= 11 is 0. The smallest absolute Gasteiger partial charge is 0.224 e. The van der Waals surface area contributed by atoms with E-state index in [4.69, 9.17) is 38.1 Å². The Morgan fingerprint density at radius 2 is 1.05 bits per heavy atom. The molecule has 0 spiro atoms. The Kier molecular flexibility index (Phi) is 21.0. The predicted molar refractivity (Wildman–Crippen MR) is 176 cm³/mol. The molecule has 3 fully saturated rings. The monoisotopic (exact) mass is 673 g/mol. The molecule has 16 heteroatoms. The molecule has 0 aromatic carbocycles. The highest BCUT2D eigenvalue weighted by molar-refractivity contribution is 5.89. The van der Waals surface area contributed by atoms with Crippen LogP contribution in [-0.2, 0) is 19.1 Å². The number of guanidine groups is 2. The number of rotatable bonds is 19. The lowest BCUT2D eigenvalue weighted by Gasteiger charge is -2.34. The van der Waals surface area contributed by atoms with Crippen molar-refractivity contribution in [3.05, 3.63) is 0 Å². The molecule has 3 rings (SSSR count). The van der Waals surface area contributed by atoms with Crippen LogP contribution < -0.4 is 39.3 Å². The van der Waals surface area contributed by atoms with E-state index in [1.807, 2.05) is 0 Å². The van der Waals surface area contributed by atoms with Gasteiger partial charge in [-0.3, -0.25) is 19.6 Å². The fraction of sp³-hybridized carbons (Fsp3) is 0.852. The van der Waals surface area contributed by atoms with E-state index in [-0.39, 0.29) is 117 Å². The van der Waals surface area contributed by atoms with Crippen LogP contribution in [0.25, 0.3) is 0 Å². The van der Waals surface area contributed by atoms with Crippen LogP contribution in [0.5, 0.6) is 0 Å². The van der Waals surface area contributed by atoms with Crippen LogP contribution in [0.2, 0.25) is 0 Å². The fourth-order valence-corrected chi connectivity index (χ4v) is 6.55. The van der Waals surface area contributed by atoms with Gasteiger partial charge < -0.3 is 48.8 Å². The second-order valence-corrected chi connectivity index (χ2v) is 11.2. The number of amides is 2. The van der Waals surface area contributed by atoms with Crippen molar-refractivity contribution in [3.8, 4) is 0 Å². The number of hydrogen-bond donors (Lipinski definition) is 7. The lowest BCUT2D eigenvalue weighted by atomic mass is 9.75. The highest BCUT2D eigenvalue weighted by atomic mass is 35.5. The number of halogens is 3. The molecule has 43 heavy (non-hydrogen) atoms. The van der Waals surface area contributed by atoms with Crippen LogP contribution in [-0.4, -0.2) is 75.0 Å². The first-order valence-corrected chi connectivity index (χ1v) is 15.0. The van der Waals surface area contributed by atoms with Gasteiger partial charge in [-0.2, -0.15) is 0 Å². The molecule has 2 amide bonds. The van der Waals surface area contributed by atoms with Crippen LogP contribution in [0, 0.1) is 23.7 Å². The van der Waals surface area contributed by atoms with E-state index < -0.39 is 11.8 Å². The van der Waals surface area contributed by atoms with Gasteiger partial charge in [0.05, 0.1) is 37.1 Å². The summed E-state index contributed by atoms with van der Waals surface area (Å²) in [7, 11) is 0. The Hall–Kier alpha value is -1.77. The summed E-state index contributed by atoms with van der Waals surface area (Å²) in [5.41, 5.74) is 27.1. The zero-order chi connectivity index (χ0) is 28.9. The van der Waals surface area contributed by atoms with Crippen molar-refractivity contribution in [1.82, 2.24) is 10.6 Å². The highest BCUT2D eigenvalue weighted by Gasteiger charge is 2.66. The maximum absolute atomic E-state index is 13.3. The van der Waals surface area contributed by atoms with Crippen molar-refractivity contribution in [2.75, 3.05) is 32.7 Å². The fourth-order valence-electron chi connectivity index (χ4n) is 6.55. The Morgan fingerprint density at radius 1 is 0.651 bits per heavy atom. The molecule has 0 aromatic heterocycles. The average Bonchev–Trinajstić information content (AvgIpc) is 3.60. The molecule has 0 aromatic rings. The third-order valence-electron chi connectivity index (χ3n) is 8.30. The minimum absolute atomic E-state index is 0. The Labute approximate surface area is 274 Å². The molecule has 12 N–H and O–H groups in total. The van der Waals surface area contributed by atoms with Crippen LogP contribution >= 0.6 is 37.2 Å². The van der Waals surface area contributed by atoms with Crippen molar-refractivity contribution < 1.29 is 19.1 Å². The number of ether oxygens (including phenoxy) is 2. The molecule has 1 unspecified atom stereocenters. The summed E-state index contributed by atoms with van der Waals surface area (Å²) in [6, 6.07) is 0. The molecule has 0 radical (unpaired) electrons. The molecule has 1 saturated heterocycles. The van der Waals surface area contributed by atoms with Gasteiger partial charge in [-0.25, -0.2) is 0 Å². The minimum Gasteiger partial charge on any atom is -0.370 e. The van der Waals surface area contributed by atoms with Crippen LogP contribution in [0.15, 0.2) is 9.98 Å². The number of nitrogens with two attached hydrogens (primary N) is 5. The number of carbonyl (C=O) groups is 2. The van der Waals surface area contributed by atoms with Crippen molar-refractivity contribution in [3.63, 3.8) is 0 Å². The lowest BCUT2D eigenvalue weighted by molar-refractivity contribution is -0.140. The van der Waals surface area contributed by atoms with Gasteiger partial charge in [0.1, 0.15) is 0 Å². The lowest BCUT2D eigenvalue weighted by Crippen LogP contribution is -2.52. The third kappa shape index (κ3) is 12.6. The van der Waals surface area contributed by atoms with E-state index in [1.54, 1.807) is 0 Å². The SMILES string of the molecule is Cl.Cl.Cl.NCCCCCCCCCCCC1O[C@@H]2[C@@H]3C[C@H]([C@@H]2O1)[C@@H](C(=O)NCCN=C(N)N)[C@@H]3C(=O)NCCN=C(N)N. The van der Waals surface area contributed by atoms with Gasteiger partial charge in [0, 0.05) is 24.9 Å². The molecule has 2 saturated carbocycles. The van der Waals surface area contributed by atoms with E-state index in [0.29, 0.717) is 6.42 Å². The van der Waals surface area contributed by atoms with Crippen molar-refractivity contribution in [2.45, 2.75) is 89.1 Å². The normalized spacial score (nSPS) is 26.2. The molecule has 252 valence electrons. The number of unbranched alkanes of at least 4 members (excludes halogenated alkanes) is 8. The summed E-state index contributed by atoms with van der Waals surface area (Å²) in [5, 5.41) is 5.80. The zero-order valence-corrected chi connectivity index (χ0v) is 27.4. The maximum Gasteiger partial charge on any atom is 0.224 e. The number of nitrogens with zero attached hydrogens (tertiary/aromatic N) is 2. The second kappa shape index (κ2) is 21.9. The van der Waals surface area contributed by atoms with Crippen molar-refractivity contribution in [1.29, 1.82) is 0 Å². The van der Waals surface area contributed by atoms with Crippen LogP contribution in [0.4, 0.5) is 0 Å². The van der Waals surface area contributed by atoms with Crippen molar-refractivity contribution in [2.24, 2.45) is 62.3 Å². The van der Waals surface area contributed by atoms with Gasteiger partial charge in [-0.05, 0) is 32.2 Å². The molecular formula is C27H54Cl3N9O4. The maximum atomic E-state index is 13.3. The summed E-state index contributed by atoms with van der Waals surface area (Å²) in [4.78, 5) is 34.4. The van der Waals surface area contributed by atoms with Gasteiger partial charge in [-0.1, -0.05) is 44.9 Å². The van der Waals surface area contributed by atoms with Crippen LogP contribution in [0.1, 0.15) is 70.6 Å². The summed E-state index contributed by atoms with van der Waals surface area (Å²) in [6.45, 7) is 1.90. The molecule has 3 aliphatic rings. The standard InChI is InChI=1S/C27H51N9O4.3ClH/c28-11-9-7-5-3-1-2-4-6-8-10-19-39-22-17-16-18(23(22)40-19)21(25(38)34-13-15-36-27(31)32)20(17)24(37)33-12-14-35-26(29)30;;;/h17-23H,1-16,28H2,(H,33,37)(H,34,38)(H4,29,30,35)(H4,31,32,36);3*1H/t17-,18+,19?,20-,21-,22-,23+;;;/m1.../s1. The number of nitrogens with one attached hydrogen (secondary N) is 2. The quantitative estimate of drug-likeness (QED) is 0.0585. The Balaban J connectivity index is 0.00000588. The molecule has 13 nitrogen and oxygen atoms in total. The summed E-state index contributed by atoms with van der Waals surface area (Å²) in [6.07, 6.45) is 11.7. The van der Waals surface area contributed by atoms with Gasteiger partial charge >= 0.3 is 0 Å². The molecule has 2 bridgehead atoms. The van der Waals surface area contributed by atoms with Crippen molar-refractivity contribution >= 4 is 61.0 Å². The molecule has 1 aliphatic heterocycles. The van der Waals surface area contributed by atoms with Gasteiger partial charge in [-0.15, -0.1) is 37.2 Å². The predicted octanol–water partition coefficient (Wildman–Crippen LogP) is 0.883. The van der Waals surface area contributed by atoms with Gasteiger partial charge in [0.25, 0.3) is 0 Å². The molecular weight excluding hydrogens is 621 g/mol.